The fraction of sp³-hybridized carbons (Fsp3) is 0.100. The molecular formula is C10H7F2N3O2. The fourth-order valence-electron chi connectivity index (χ4n) is 1.06. The summed E-state index contributed by atoms with van der Waals surface area (Å²) < 4.78 is 30.5. The number of carbonyl (C=O) groups is 1. The Balaban J connectivity index is 3.26. The average molecular weight is 239 g/mol. The maximum atomic E-state index is 13.3. The van der Waals surface area contributed by atoms with Crippen LogP contribution < -0.4 is 0 Å². The van der Waals surface area contributed by atoms with E-state index in [0.717, 1.165) is 19.3 Å². The summed E-state index contributed by atoms with van der Waals surface area (Å²) >= 11 is 0. The zero-order valence-electron chi connectivity index (χ0n) is 8.72. The Morgan fingerprint density at radius 3 is 2.82 bits per heavy atom. The number of methoxy groups -OCH3 is 1. The van der Waals surface area contributed by atoms with Crippen molar-refractivity contribution < 1.29 is 18.3 Å². The van der Waals surface area contributed by atoms with Crippen LogP contribution in [0.25, 0.3) is 16.5 Å². The molecule has 0 saturated heterocycles. The highest BCUT2D eigenvalue weighted by Crippen LogP contribution is 2.16. The van der Waals surface area contributed by atoms with Crippen molar-refractivity contribution in [3.05, 3.63) is 51.5 Å². The quantitative estimate of drug-likeness (QED) is 0.267. The van der Waals surface area contributed by atoms with Gasteiger partial charge in [0.05, 0.1) is 7.11 Å². The first-order valence-corrected chi connectivity index (χ1v) is 4.39. The zero-order valence-corrected chi connectivity index (χ0v) is 8.72. The normalized spacial score (nSPS) is 10.6. The third kappa shape index (κ3) is 3.02. The third-order valence-electron chi connectivity index (χ3n) is 1.82. The molecule has 1 aromatic rings. The Kier molecular flexibility index (Phi) is 4.19. The Morgan fingerprint density at radius 2 is 2.24 bits per heavy atom. The van der Waals surface area contributed by atoms with Crippen molar-refractivity contribution in [2.75, 3.05) is 7.11 Å². The standard InChI is InChI=1S/C10H7F2N3O2/c1-17-10(16)8(14-15-13)5-6-3-2-4-7(11)9(6)12/h2-5H,1H3. The molecule has 0 fully saturated rings. The van der Waals surface area contributed by atoms with E-state index in [9.17, 15) is 13.6 Å². The van der Waals surface area contributed by atoms with E-state index in [1.807, 2.05) is 0 Å². The summed E-state index contributed by atoms with van der Waals surface area (Å²) in [4.78, 5) is 13.5. The SMILES string of the molecule is COC(=O)C(=Cc1cccc(F)c1F)N=[N+]=[N-]. The van der Waals surface area contributed by atoms with Crippen molar-refractivity contribution in [3.8, 4) is 0 Å². The molecule has 7 heteroatoms. The predicted molar refractivity (Wildman–Crippen MR) is 55.5 cm³/mol. The average Bonchev–Trinajstić information content (AvgIpc) is 2.33. The molecule has 0 N–H and O–H groups in total. The van der Waals surface area contributed by atoms with Gasteiger partial charge in [0.15, 0.2) is 11.6 Å². The van der Waals surface area contributed by atoms with Gasteiger partial charge in [-0.25, -0.2) is 13.6 Å². The van der Waals surface area contributed by atoms with E-state index in [-0.39, 0.29) is 5.56 Å². The number of halogens is 2. The van der Waals surface area contributed by atoms with Crippen molar-refractivity contribution in [1.82, 2.24) is 0 Å². The van der Waals surface area contributed by atoms with E-state index in [1.54, 1.807) is 0 Å². The Morgan fingerprint density at radius 1 is 1.53 bits per heavy atom. The largest absolute Gasteiger partial charge is 0.466 e. The van der Waals surface area contributed by atoms with Gasteiger partial charge in [0, 0.05) is 10.5 Å². The number of nitrogens with zero attached hydrogens (tertiary/aromatic N) is 3. The summed E-state index contributed by atoms with van der Waals surface area (Å²) in [6, 6.07) is 3.42. The van der Waals surface area contributed by atoms with E-state index >= 15 is 0 Å². The Bertz CT molecular complexity index is 522. The molecule has 0 aromatic heterocycles. The molecule has 1 rings (SSSR count). The molecule has 0 radical (unpaired) electrons. The van der Waals surface area contributed by atoms with Crippen LogP contribution in [0.2, 0.25) is 0 Å². The lowest BCUT2D eigenvalue weighted by molar-refractivity contribution is -0.136. The topological polar surface area (TPSA) is 75.1 Å². The summed E-state index contributed by atoms with van der Waals surface area (Å²) in [6.45, 7) is 0. The second-order valence-corrected chi connectivity index (χ2v) is 2.85. The maximum Gasteiger partial charge on any atom is 0.340 e. The molecule has 0 bridgehead atoms. The predicted octanol–water partition coefficient (Wildman–Crippen LogP) is 2.79. The molecule has 0 unspecified atom stereocenters. The van der Waals surface area contributed by atoms with Gasteiger partial charge in [-0.2, -0.15) is 0 Å². The van der Waals surface area contributed by atoms with E-state index in [2.05, 4.69) is 14.8 Å². The van der Waals surface area contributed by atoms with Gasteiger partial charge in [-0.15, -0.1) is 0 Å². The molecular weight excluding hydrogens is 232 g/mol. The smallest absolute Gasteiger partial charge is 0.340 e. The molecule has 5 nitrogen and oxygen atoms in total. The highest BCUT2D eigenvalue weighted by atomic mass is 19.2. The molecule has 0 aliphatic heterocycles. The maximum absolute atomic E-state index is 13.3. The number of ether oxygens (including phenoxy) is 1. The third-order valence-corrected chi connectivity index (χ3v) is 1.82. The zero-order chi connectivity index (χ0) is 12.8. The van der Waals surface area contributed by atoms with Crippen LogP contribution in [0.1, 0.15) is 5.56 Å². The van der Waals surface area contributed by atoms with E-state index in [1.165, 1.54) is 12.1 Å². The minimum Gasteiger partial charge on any atom is -0.466 e. The number of hydrogen-bond acceptors (Lipinski definition) is 3. The monoisotopic (exact) mass is 239 g/mol. The van der Waals surface area contributed by atoms with Crippen LogP contribution in [-0.4, -0.2) is 13.1 Å². The van der Waals surface area contributed by atoms with Crippen LogP contribution in [0.4, 0.5) is 8.78 Å². The van der Waals surface area contributed by atoms with Crippen LogP contribution in [0.15, 0.2) is 29.0 Å². The Labute approximate surface area is 94.9 Å². The summed E-state index contributed by atoms with van der Waals surface area (Å²) in [5.41, 5.74) is 7.56. The van der Waals surface area contributed by atoms with Crippen molar-refractivity contribution >= 4 is 12.0 Å². The Hall–Kier alpha value is -2.40. The van der Waals surface area contributed by atoms with Gasteiger partial charge < -0.3 is 4.74 Å². The van der Waals surface area contributed by atoms with E-state index < -0.39 is 23.3 Å². The first kappa shape index (κ1) is 12.7. The lowest BCUT2D eigenvalue weighted by Gasteiger charge is -2.00. The van der Waals surface area contributed by atoms with Gasteiger partial charge in [0.1, 0.15) is 5.70 Å². The molecule has 0 aliphatic carbocycles. The second kappa shape index (κ2) is 5.62. The summed E-state index contributed by atoms with van der Waals surface area (Å²) in [7, 11) is 1.07. The molecule has 17 heavy (non-hydrogen) atoms. The number of benzene rings is 1. The van der Waals surface area contributed by atoms with Crippen LogP contribution in [0.3, 0.4) is 0 Å². The van der Waals surface area contributed by atoms with Gasteiger partial charge in [-0.05, 0) is 17.7 Å². The molecule has 88 valence electrons. The summed E-state index contributed by atoms with van der Waals surface area (Å²) in [5.74, 6) is -3.14. The van der Waals surface area contributed by atoms with Crippen molar-refractivity contribution in [2.24, 2.45) is 5.11 Å². The van der Waals surface area contributed by atoms with E-state index in [0.29, 0.717) is 0 Å². The molecule has 0 saturated carbocycles. The molecule has 0 heterocycles. The number of hydrogen-bond donors (Lipinski definition) is 0. The number of azide groups is 1. The number of rotatable bonds is 3. The summed E-state index contributed by atoms with van der Waals surface area (Å²) in [5, 5.41) is 3.04. The van der Waals surface area contributed by atoms with Crippen LogP contribution >= 0.6 is 0 Å². The van der Waals surface area contributed by atoms with E-state index in [4.69, 9.17) is 5.53 Å². The van der Waals surface area contributed by atoms with Crippen LogP contribution in [0, 0.1) is 11.6 Å². The number of esters is 1. The van der Waals surface area contributed by atoms with Crippen molar-refractivity contribution in [3.63, 3.8) is 0 Å². The first-order valence-electron chi connectivity index (χ1n) is 4.39. The molecule has 0 amide bonds. The van der Waals surface area contributed by atoms with Gasteiger partial charge in [-0.1, -0.05) is 17.2 Å². The fourth-order valence-corrected chi connectivity index (χ4v) is 1.06. The first-order chi connectivity index (χ1) is 8.10. The van der Waals surface area contributed by atoms with Gasteiger partial charge in [0.25, 0.3) is 0 Å². The molecule has 1 aromatic carbocycles. The highest BCUT2D eigenvalue weighted by molar-refractivity contribution is 5.93. The van der Waals surface area contributed by atoms with Gasteiger partial charge in [-0.3, -0.25) is 0 Å². The molecule has 0 spiro atoms. The van der Waals surface area contributed by atoms with Crippen molar-refractivity contribution in [1.29, 1.82) is 0 Å². The minimum absolute atomic E-state index is 0.210. The van der Waals surface area contributed by atoms with Crippen LogP contribution in [-0.2, 0) is 9.53 Å². The lowest BCUT2D eigenvalue weighted by Crippen LogP contribution is -2.02. The summed E-state index contributed by atoms with van der Waals surface area (Å²) in [6.07, 6.45) is 0.907. The van der Waals surface area contributed by atoms with Gasteiger partial charge >= 0.3 is 5.97 Å². The van der Waals surface area contributed by atoms with Crippen LogP contribution in [0.5, 0.6) is 0 Å². The number of carbonyl (C=O) groups excluding carboxylic acids is 1. The van der Waals surface area contributed by atoms with Gasteiger partial charge in [0.2, 0.25) is 0 Å². The second-order valence-electron chi connectivity index (χ2n) is 2.85. The molecule has 0 atom stereocenters. The molecule has 0 aliphatic rings. The van der Waals surface area contributed by atoms with Crippen molar-refractivity contribution in [2.45, 2.75) is 0 Å². The lowest BCUT2D eigenvalue weighted by atomic mass is 10.1. The minimum atomic E-state index is -1.14. The highest BCUT2D eigenvalue weighted by Gasteiger charge is 2.11.